The quantitative estimate of drug-likeness (QED) is 0.813. The smallest absolute Gasteiger partial charge is 0.212 e. The molecule has 0 saturated carbocycles. The number of rotatable bonds is 7. The van der Waals surface area contributed by atoms with Crippen LogP contribution in [0.25, 0.3) is 11.1 Å². The number of aliphatic hydroxyl groups is 1. The fourth-order valence-electron chi connectivity index (χ4n) is 2.81. The zero-order chi connectivity index (χ0) is 18.4. The van der Waals surface area contributed by atoms with Crippen molar-refractivity contribution in [1.82, 2.24) is 9.88 Å². The zero-order valence-corrected chi connectivity index (χ0v) is 14.7. The van der Waals surface area contributed by atoms with Crippen molar-refractivity contribution in [1.29, 1.82) is 0 Å². The van der Waals surface area contributed by atoms with E-state index in [1.807, 2.05) is 0 Å². The van der Waals surface area contributed by atoms with Crippen molar-refractivity contribution in [3.8, 4) is 22.8 Å². The van der Waals surface area contributed by atoms with Gasteiger partial charge in [0.1, 0.15) is 24.3 Å². The van der Waals surface area contributed by atoms with Gasteiger partial charge in [-0.05, 0) is 23.8 Å². The number of halogens is 1. The highest BCUT2D eigenvalue weighted by Crippen LogP contribution is 2.26. The van der Waals surface area contributed by atoms with E-state index in [2.05, 4.69) is 9.88 Å². The molecule has 140 valence electrons. The van der Waals surface area contributed by atoms with Gasteiger partial charge in [0, 0.05) is 43.5 Å². The van der Waals surface area contributed by atoms with Crippen LogP contribution in [-0.2, 0) is 4.74 Å². The number of aromatic nitrogens is 1. The monoisotopic (exact) mass is 362 g/mol. The fraction of sp³-hybridized carbons (Fsp3) is 0.421. The van der Waals surface area contributed by atoms with Gasteiger partial charge in [0.05, 0.1) is 20.3 Å². The molecule has 1 atom stereocenters. The van der Waals surface area contributed by atoms with E-state index in [-0.39, 0.29) is 6.61 Å². The predicted octanol–water partition coefficient (Wildman–Crippen LogP) is 1.97. The van der Waals surface area contributed by atoms with Crippen molar-refractivity contribution in [3.63, 3.8) is 0 Å². The van der Waals surface area contributed by atoms with Gasteiger partial charge in [0.15, 0.2) is 0 Å². The molecule has 0 spiro atoms. The summed E-state index contributed by atoms with van der Waals surface area (Å²) in [4.78, 5) is 6.25. The Morgan fingerprint density at radius 1 is 1.23 bits per heavy atom. The number of methoxy groups -OCH3 is 1. The lowest BCUT2D eigenvalue weighted by molar-refractivity contribution is 0.00463. The van der Waals surface area contributed by atoms with Crippen LogP contribution in [0, 0.1) is 5.82 Å². The maximum atomic E-state index is 13.9. The van der Waals surface area contributed by atoms with E-state index in [1.165, 1.54) is 12.1 Å². The fourth-order valence-corrected chi connectivity index (χ4v) is 2.81. The van der Waals surface area contributed by atoms with Crippen LogP contribution in [0.15, 0.2) is 36.5 Å². The standard InChI is InChI=1S/C19H23FN2O4/c1-24-19-3-2-14(11-21-19)15-8-16(20)10-18(9-15)26-13-17(23)12-22-4-6-25-7-5-22/h2-3,8-11,17,23H,4-7,12-13H2,1H3. The van der Waals surface area contributed by atoms with Crippen molar-refractivity contribution < 1.29 is 23.7 Å². The third kappa shape index (κ3) is 5.14. The number of hydrogen-bond donors (Lipinski definition) is 1. The third-order valence-electron chi connectivity index (χ3n) is 4.17. The summed E-state index contributed by atoms with van der Waals surface area (Å²) < 4.78 is 29.9. The Morgan fingerprint density at radius 2 is 2.04 bits per heavy atom. The molecule has 1 saturated heterocycles. The average Bonchev–Trinajstić information content (AvgIpc) is 2.67. The molecule has 7 heteroatoms. The summed E-state index contributed by atoms with van der Waals surface area (Å²) in [5, 5.41) is 10.2. The van der Waals surface area contributed by atoms with Crippen LogP contribution >= 0.6 is 0 Å². The largest absolute Gasteiger partial charge is 0.491 e. The molecule has 1 N–H and O–H groups in total. The summed E-state index contributed by atoms with van der Waals surface area (Å²) in [6.07, 6.45) is 0.965. The van der Waals surface area contributed by atoms with Crippen LogP contribution in [0.1, 0.15) is 0 Å². The van der Waals surface area contributed by atoms with Crippen molar-refractivity contribution in [3.05, 3.63) is 42.3 Å². The Hall–Kier alpha value is -2.22. The summed E-state index contributed by atoms with van der Waals surface area (Å²) in [5.41, 5.74) is 1.40. The molecule has 1 unspecified atom stereocenters. The topological polar surface area (TPSA) is 64.0 Å². The molecule has 0 radical (unpaired) electrons. The van der Waals surface area contributed by atoms with Gasteiger partial charge in [-0.2, -0.15) is 0 Å². The Balaban J connectivity index is 1.61. The molecule has 1 aliphatic heterocycles. The summed E-state index contributed by atoms with van der Waals surface area (Å²) in [7, 11) is 1.54. The van der Waals surface area contributed by atoms with E-state index < -0.39 is 11.9 Å². The highest BCUT2D eigenvalue weighted by Gasteiger charge is 2.15. The van der Waals surface area contributed by atoms with Crippen molar-refractivity contribution in [2.24, 2.45) is 0 Å². The van der Waals surface area contributed by atoms with Gasteiger partial charge in [-0.15, -0.1) is 0 Å². The molecule has 0 bridgehead atoms. The van der Waals surface area contributed by atoms with Crippen LogP contribution in [0.4, 0.5) is 4.39 Å². The number of nitrogens with zero attached hydrogens (tertiary/aromatic N) is 2. The molecule has 2 aromatic rings. The lowest BCUT2D eigenvalue weighted by atomic mass is 10.1. The Bertz CT molecular complexity index is 705. The maximum Gasteiger partial charge on any atom is 0.212 e. The summed E-state index contributed by atoms with van der Waals surface area (Å²) >= 11 is 0. The second-order valence-electron chi connectivity index (χ2n) is 6.14. The molecule has 1 aromatic heterocycles. The van der Waals surface area contributed by atoms with E-state index in [0.29, 0.717) is 37.0 Å². The van der Waals surface area contributed by atoms with E-state index >= 15 is 0 Å². The number of aliphatic hydroxyl groups excluding tert-OH is 1. The Labute approximate surface area is 152 Å². The molecule has 6 nitrogen and oxygen atoms in total. The van der Waals surface area contributed by atoms with Crippen LogP contribution < -0.4 is 9.47 Å². The van der Waals surface area contributed by atoms with Crippen molar-refractivity contribution in [2.45, 2.75) is 6.10 Å². The lowest BCUT2D eigenvalue weighted by Crippen LogP contribution is -2.42. The van der Waals surface area contributed by atoms with E-state index in [1.54, 1.807) is 31.5 Å². The molecule has 26 heavy (non-hydrogen) atoms. The van der Waals surface area contributed by atoms with Gasteiger partial charge in [-0.1, -0.05) is 0 Å². The molecule has 1 fully saturated rings. The third-order valence-corrected chi connectivity index (χ3v) is 4.17. The summed E-state index contributed by atoms with van der Waals surface area (Å²) in [6.45, 7) is 3.56. The van der Waals surface area contributed by atoms with Gasteiger partial charge < -0.3 is 19.3 Å². The first-order valence-electron chi connectivity index (χ1n) is 8.56. The first-order chi connectivity index (χ1) is 12.6. The first kappa shape index (κ1) is 18.6. The minimum Gasteiger partial charge on any atom is -0.491 e. The molecular weight excluding hydrogens is 339 g/mol. The van der Waals surface area contributed by atoms with Gasteiger partial charge >= 0.3 is 0 Å². The van der Waals surface area contributed by atoms with E-state index in [4.69, 9.17) is 14.2 Å². The summed E-state index contributed by atoms with van der Waals surface area (Å²) in [6, 6.07) is 7.97. The Kier molecular flexibility index (Phi) is 6.38. The van der Waals surface area contributed by atoms with Gasteiger partial charge in [-0.25, -0.2) is 9.37 Å². The Morgan fingerprint density at radius 3 is 2.73 bits per heavy atom. The highest BCUT2D eigenvalue weighted by molar-refractivity contribution is 5.64. The van der Waals surface area contributed by atoms with Crippen LogP contribution in [0.3, 0.4) is 0 Å². The predicted molar refractivity (Wildman–Crippen MR) is 94.9 cm³/mol. The maximum absolute atomic E-state index is 13.9. The second kappa shape index (κ2) is 8.93. The molecule has 1 aromatic carbocycles. The van der Waals surface area contributed by atoms with Crippen molar-refractivity contribution >= 4 is 0 Å². The van der Waals surface area contributed by atoms with Crippen LogP contribution in [0.5, 0.6) is 11.6 Å². The van der Waals surface area contributed by atoms with Gasteiger partial charge in [0.2, 0.25) is 5.88 Å². The van der Waals surface area contributed by atoms with E-state index in [9.17, 15) is 9.50 Å². The number of β-amino-alcohol motifs (C(OH)–C–C–N with tert-alkyl or cyclic N) is 1. The second-order valence-corrected chi connectivity index (χ2v) is 6.14. The molecule has 0 aliphatic carbocycles. The number of morpholine rings is 1. The lowest BCUT2D eigenvalue weighted by Gasteiger charge is -2.28. The minimum absolute atomic E-state index is 0.0983. The number of ether oxygens (including phenoxy) is 3. The normalized spacial score (nSPS) is 16.3. The van der Waals surface area contributed by atoms with E-state index in [0.717, 1.165) is 18.7 Å². The SMILES string of the molecule is COc1ccc(-c2cc(F)cc(OCC(O)CN3CCOCC3)c2)cn1. The summed E-state index contributed by atoms with van der Waals surface area (Å²) in [5.74, 6) is 0.459. The average molecular weight is 362 g/mol. The highest BCUT2D eigenvalue weighted by atomic mass is 19.1. The zero-order valence-electron chi connectivity index (χ0n) is 14.7. The minimum atomic E-state index is -0.650. The van der Waals surface area contributed by atoms with Gasteiger partial charge in [-0.3, -0.25) is 4.90 Å². The molecule has 3 rings (SSSR count). The van der Waals surface area contributed by atoms with Gasteiger partial charge in [0.25, 0.3) is 0 Å². The van der Waals surface area contributed by atoms with Crippen LogP contribution in [0.2, 0.25) is 0 Å². The number of pyridine rings is 1. The molecular formula is C19H23FN2O4. The number of benzene rings is 1. The molecule has 1 aliphatic rings. The molecule has 0 amide bonds. The first-order valence-corrected chi connectivity index (χ1v) is 8.56. The van der Waals surface area contributed by atoms with Crippen molar-refractivity contribution in [2.75, 3.05) is 46.6 Å². The number of hydrogen-bond acceptors (Lipinski definition) is 6. The molecule has 2 heterocycles. The van der Waals surface area contributed by atoms with Crippen LogP contribution in [-0.4, -0.2) is 67.7 Å².